The molecule has 0 radical (unpaired) electrons. The number of anilines is 1. The molecule has 0 saturated heterocycles. The SMILES string of the molecule is Cc1nc(NC(=O)c2ccccc2Cl)sc1-c1ccccn1. The summed E-state index contributed by atoms with van der Waals surface area (Å²) in [6.07, 6.45) is 1.73. The van der Waals surface area contributed by atoms with E-state index in [2.05, 4.69) is 15.3 Å². The Morgan fingerprint density at radius 2 is 1.95 bits per heavy atom. The second kappa shape index (κ2) is 6.25. The van der Waals surface area contributed by atoms with E-state index in [0.29, 0.717) is 15.7 Å². The van der Waals surface area contributed by atoms with E-state index in [1.807, 2.05) is 25.1 Å². The Kier molecular flexibility index (Phi) is 4.18. The third-order valence-electron chi connectivity index (χ3n) is 3.03. The number of aromatic nitrogens is 2. The number of amides is 1. The highest BCUT2D eigenvalue weighted by molar-refractivity contribution is 7.19. The molecule has 6 heteroatoms. The normalized spacial score (nSPS) is 10.5. The molecule has 2 aromatic heterocycles. The van der Waals surface area contributed by atoms with E-state index >= 15 is 0 Å². The average molecular weight is 330 g/mol. The van der Waals surface area contributed by atoms with E-state index in [9.17, 15) is 4.79 Å². The van der Waals surface area contributed by atoms with E-state index < -0.39 is 0 Å². The van der Waals surface area contributed by atoms with Gasteiger partial charge in [-0.15, -0.1) is 0 Å². The summed E-state index contributed by atoms with van der Waals surface area (Å²) in [5.74, 6) is -0.271. The van der Waals surface area contributed by atoms with Crippen molar-refractivity contribution in [3.05, 3.63) is 64.9 Å². The molecule has 0 atom stereocenters. The number of benzene rings is 1. The van der Waals surface area contributed by atoms with Gasteiger partial charge in [0, 0.05) is 6.20 Å². The molecule has 0 aliphatic carbocycles. The minimum atomic E-state index is -0.271. The molecule has 1 amide bonds. The Morgan fingerprint density at radius 3 is 2.68 bits per heavy atom. The number of carbonyl (C=O) groups excluding carboxylic acids is 1. The van der Waals surface area contributed by atoms with Crippen LogP contribution in [0.25, 0.3) is 10.6 Å². The molecule has 3 rings (SSSR count). The van der Waals surface area contributed by atoms with Crippen LogP contribution in [0.2, 0.25) is 5.02 Å². The number of thiazole rings is 1. The lowest BCUT2D eigenvalue weighted by Crippen LogP contribution is -2.12. The Hall–Kier alpha value is -2.24. The number of pyridine rings is 1. The summed E-state index contributed by atoms with van der Waals surface area (Å²) >= 11 is 7.42. The summed E-state index contributed by atoms with van der Waals surface area (Å²) in [5.41, 5.74) is 2.10. The second-order valence-electron chi connectivity index (χ2n) is 4.58. The Labute approximate surface area is 136 Å². The Balaban J connectivity index is 1.86. The second-order valence-corrected chi connectivity index (χ2v) is 5.99. The van der Waals surface area contributed by atoms with Gasteiger partial charge in [0.1, 0.15) is 0 Å². The molecule has 0 fully saturated rings. The van der Waals surface area contributed by atoms with E-state index in [1.54, 1.807) is 30.5 Å². The van der Waals surface area contributed by atoms with Gasteiger partial charge < -0.3 is 0 Å². The van der Waals surface area contributed by atoms with E-state index in [1.165, 1.54) is 11.3 Å². The molecule has 0 saturated carbocycles. The van der Waals surface area contributed by atoms with Crippen LogP contribution < -0.4 is 5.32 Å². The largest absolute Gasteiger partial charge is 0.298 e. The molecule has 2 heterocycles. The van der Waals surface area contributed by atoms with Gasteiger partial charge in [-0.2, -0.15) is 0 Å². The Morgan fingerprint density at radius 1 is 1.18 bits per heavy atom. The first-order valence-electron chi connectivity index (χ1n) is 6.60. The average Bonchev–Trinajstić information content (AvgIpc) is 2.89. The van der Waals surface area contributed by atoms with Crippen LogP contribution in [0.3, 0.4) is 0 Å². The van der Waals surface area contributed by atoms with Crippen LogP contribution in [-0.4, -0.2) is 15.9 Å². The molecule has 22 heavy (non-hydrogen) atoms. The standard InChI is InChI=1S/C16H12ClN3OS/c1-10-14(13-8-4-5-9-18-13)22-16(19-10)20-15(21)11-6-2-3-7-12(11)17/h2-9H,1H3,(H,19,20,21). The minimum Gasteiger partial charge on any atom is -0.298 e. The van der Waals surface area contributed by atoms with E-state index in [-0.39, 0.29) is 5.91 Å². The predicted molar refractivity (Wildman–Crippen MR) is 89.5 cm³/mol. The van der Waals surface area contributed by atoms with Crippen molar-refractivity contribution in [1.82, 2.24) is 9.97 Å². The molecule has 1 N–H and O–H groups in total. The molecule has 0 spiro atoms. The highest BCUT2D eigenvalue weighted by atomic mass is 35.5. The van der Waals surface area contributed by atoms with E-state index in [4.69, 9.17) is 11.6 Å². The summed E-state index contributed by atoms with van der Waals surface area (Å²) in [6.45, 7) is 1.89. The first-order chi connectivity index (χ1) is 10.6. The van der Waals surface area contributed by atoms with Crippen LogP contribution in [0.15, 0.2) is 48.7 Å². The molecule has 0 aliphatic heterocycles. The van der Waals surface area contributed by atoms with Gasteiger partial charge in [-0.3, -0.25) is 15.1 Å². The van der Waals surface area contributed by atoms with Crippen molar-refractivity contribution in [1.29, 1.82) is 0 Å². The summed E-state index contributed by atoms with van der Waals surface area (Å²) in [4.78, 5) is 21.9. The summed E-state index contributed by atoms with van der Waals surface area (Å²) in [7, 11) is 0. The molecule has 1 aromatic carbocycles. The van der Waals surface area contributed by atoms with Crippen LogP contribution in [-0.2, 0) is 0 Å². The molecule has 110 valence electrons. The first-order valence-corrected chi connectivity index (χ1v) is 7.79. The highest BCUT2D eigenvalue weighted by Gasteiger charge is 2.15. The van der Waals surface area contributed by atoms with Crippen LogP contribution >= 0.6 is 22.9 Å². The molecular weight excluding hydrogens is 318 g/mol. The van der Waals surface area contributed by atoms with Gasteiger partial charge in [-0.1, -0.05) is 41.1 Å². The zero-order valence-electron chi connectivity index (χ0n) is 11.7. The number of halogens is 1. The summed E-state index contributed by atoms with van der Waals surface area (Å²) in [5, 5.41) is 3.73. The topological polar surface area (TPSA) is 54.9 Å². The number of hydrogen-bond donors (Lipinski definition) is 1. The van der Waals surface area contributed by atoms with Crippen molar-refractivity contribution in [2.24, 2.45) is 0 Å². The quantitative estimate of drug-likeness (QED) is 0.774. The molecule has 0 bridgehead atoms. The maximum Gasteiger partial charge on any atom is 0.258 e. The lowest BCUT2D eigenvalue weighted by molar-refractivity contribution is 0.102. The van der Waals surface area contributed by atoms with Crippen molar-refractivity contribution >= 4 is 34.0 Å². The zero-order valence-corrected chi connectivity index (χ0v) is 13.3. The third kappa shape index (κ3) is 3.00. The van der Waals surface area contributed by atoms with Gasteiger partial charge in [0.15, 0.2) is 5.13 Å². The fourth-order valence-corrected chi connectivity index (χ4v) is 3.15. The number of carbonyl (C=O) groups is 1. The van der Waals surface area contributed by atoms with Crippen LogP contribution in [0, 0.1) is 6.92 Å². The predicted octanol–water partition coefficient (Wildman–Crippen LogP) is 4.42. The monoisotopic (exact) mass is 329 g/mol. The van der Waals surface area contributed by atoms with Gasteiger partial charge in [-0.05, 0) is 31.2 Å². The number of aryl methyl sites for hydroxylation is 1. The number of nitrogens with one attached hydrogen (secondary N) is 1. The maximum atomic E-state index is 12.2. The molecule has 0 aliphatic rings. The Bertz CT molecular complexity index is 817. The van der Waals surface area contributed by atoms with Crippen molar-refractivity contribution < 1.29 is 4.79 Å². The highest BCUT2D eigenvalue weighted by Crippen LogP contribution is 2.31. The minimum absolute atomic E-state index is 0.271. The number of hydrogen-bond acceptors (Lipinski definition) is 4. The van der Waals surface area contributed by atoms with Crippen LogP contribution in [0.4, 0.5) is 5.13 Å². The van der Waals surface area contributed by atoms with Crippen LogP contribution in [0.5, 0.6) is 0 Å². The number of rotatable bonds is 3. The van der Waals surface area contributed by atoms with Gasteiger partial charge in [0.2, 0.25) is 0 Å². The first kappa shape index (κ1) is 14.7. The van der Waals surface area contributed by atoms with Crippen molar-refractivity contribution in [2.45, 2.75) is 6.92 Å². The van der Waals surface area contributed by atoms with Crippen molar-refractivity contribution in [3.8, 4) is 10.6 Å². The molecule has 0 unspecified atom stereocenters. The van der Waals surface area contributed by atoms with Gasteiger partial charge in [0.05, 0.1) is 26.9 Å². The maximum absolute atomic E-state index is 12.2. The summed E-state index contributed by atoms with van der Waals surface area (Å²) in [6, 6.07) is 12.6. The van der Waals surface area contributed by atoms with Gasteiger partial charge in [-0.25, -0.2) is 4.98 Å². The van der Waals surface area contributed by atoms with Gasteiger partial charge in [0.25, 0.3) is 5.91 Å². The third-order valence-corrected chi connectivity index (χ3v) is 4.46. The van der Waals surface area contributed by atoms with Crippen molar-refractivity contribution in [3.63, 3.8) is 0 Å². The fraction of sp³-hybridized carbons (Fsp3) is 0.0625. The zero-order chi connectivity index (χ0) is 15.5. The fourth-order valence-electron chi connectivity index (χ4n) is 1.99. The lowest BCUT2D eigenvalue weighted by Gasteiger charge is -2.03. The van der Waals surface area contributed by atoms with Gasteiger partial charge >= 0.3 is 0 Å². The smallest absolute Gasteiger partial charge is 0.258 e. The van der Waals surface area contributed by atoms with E-state index in [0.717, 1.165) is 16.3 Å². The molecular formula is C16H12ClN3OS. The van der Waals surface area contributed by atoms with Crippen LogP contribution in [0.1, 0.15) is 16.1 Å². The summed E-state index contributed by atoms with van der Waals surface area (Å²) < 4.78 is 0. The number of nitrogens with zero attached hydrogens (tertiary/aromatic N) is 2. The lowest BCUT2D eigenvalue weighted by atomic mass is 10.2. The molecule has 3 aromatic rings. The molecule has 4 nitrogen and oxygen atoms in total. The van der Waals surface area contributed by atoms with Crippen molar-refractivity contribution in [2.75, 3.05) is 5.32 Å².